The summed E-state index contributed by atoms with van der Waals surface area (Å²) in [6.45, 7) is 11.1. The van der Waals surface area contributed by atoms with Gasteiger partial charge in [0.25, 0.3) is 0 Å². The zero-order valence-electron chi connectivity index (χ0n) is 20.6. The fourth-order valence-corrected chi connectivity index (χ4v) is 4.97. The molecule has 5 heteroatoms. The number of aryl methyl sites for hydroxylation is 1. The summed E-state index contributed by atoms with van der Waals surface area (Å²) in [5, 5.41) is 11.9. The number of unbranched alkanes of at least 4 members (excludes halogenated alkanes) is 1. The first-order valence-electron chi connectivity index (χ1n) is 12.1. The first-order valence-corrected chi connectivity index (χ1v) is 12.9. The molecule has 1 aromatic heterocycles. The maximum absolute atomic E-state index is 12.4. The number of carbonyl (C=O) groups is 1. The van der Waals surface area contributed by atoms with E-state index < -0.39 is 0 Å². The van der Waals surface area contributed by atoms with E-state index in [-0.39, 0.29) is 17.1 Å². The molecule has 3 rings (SSSR count). The van der Waals surface area contributed by atoms with E-state index in [1.54, 1.807) is 11.3 Å². The number of phenolic OH excluding ortho intramolecular Hbond substituents is 1. The van der Waals surface area contributed by atoms with Crippen molar-refractivity contribution in [2.45, 2.75) is 78.6 Å². The fraction of sp³-hybridized carbons (Fsp3) is 0.500. The van der Waals surface area contributed by atoms with Crippen LogP contribution in [-0.2, 0) is 21.4 Å². The molecule has 1 atom stereocenters. The van der Waals surface area contributed by atoms with Crippen molar-refractivity contribution in [3.63, 3.8) is 0 Å². The minimum absolute atomic E-state index is 0.156. The van der Waals surface area contributed by atoms with Crippen molar-refractivity contribution in [2.75, 3.05) is 6.61 Å². The van der Waals surface area contributed by atoms with Gasteiger partial charge in [-0.2, -0.15) is 0 Å². The summed E-state index contributed by atoms with van der Waals surface area (Å²) >= 11 is 1.57. The number of aromatic nitrogens is 1. The largest absolute Gasteiger partial charge is 0.507 e. The van der Waals surface area contributed by atoms with Crippen LogP contribution in [0.25, 0.3) is 20.8 Å². The fourth-order valence-electron chi connectivity index (χ4n) is 3.99. The minimum atomic E-state index is -0.236. The number of rotatable bonds is 10. The van der Waals surface area contributed by atoms with Crippen LogP contribution in [0.2, 0.25) is 0 Å². The average Bonchev–Trinajstić information content (AvgIpc) is 3.21. The minimum Gasteiger partial charge on any atom is -0.507 e. The Morgan fingerprint density at radius 3 is 2.61 bits per heavy atom. The lowest BCUT2D eigenvalue weighted by Crippen LogP contribution is -2.15. The van der Waals surface area contributed by atoms with Gasteiger partial charge in [0, 0.05) is 12.0 Å². The Hall–Kier alpha value is -2.40. The highest BCUT2D eigenvalue weighted by Crippen LogP contribution is 2.42. The van der Waals surface area contributed by atoms with Crippen LogP contribution in [0.4, 0.5) is 0 Å². The summed E-state index contributed by atoms with van der Waals surface area (Å²) in [5.74, 6) is 0.562. The summed E-state index contributed by atoms with van der Waals surface area (Å²) in [6.07, 6.45) is 5.39. The van der Waals surface area contributed by atoms with Gasteiger partial charge in [-0.15, -0.1) is 11.3 Å². The molecule has 0 fully saturated rings. The van der Waals surface area contributed by atoms with Gasteiger partial charge >= 0.3 is 5.97 Å². The monoisotopic (exact) mass is 467 g/mol. The van der Waals surface area contributed by atoms with Crippen molar-refractivity contribution in [3.8, 4) is 16.3 Å². The van der Waals surface area contributed by atoms with Crippen LogP contribution >= 0.6 is 11.3 Å². The summed E-state index contributed by atoms with van der Waals surface area (Å²) in [6, 6.07) is 12.0. The number of hydrogen-bond acceptors (Lipinski definition) is 5. The molecule has 0 spiro atoms. The molecule has 0 aliphatic heterocycles. The maximum atomic E-state index is 12.4. The molecule has 4 nitrogen and oxygen atoms in total. The molecule has 1 N–H and O–H groups in total. The van der Waals surface area contributed by atoms with Crippen molar-refractivity contribution in [2.24, 2.45) is 5.92 Å². The molecule has 3 aromatic rings. The van der Waals surface area contributed by atoms with Crippen LogP contribution < -0.4 is 0 Å². The predicted molar refractivity (Wildman–Crippen MR) is 138 cm³/mol. The second-order valence-corrected chi connectivity index (χ2v) is 10.9. The Bertz CT molecular complexity index is 1050. The number of phenols is 1. The van der Waals surface area contributed by atoms with Crippen LogP contribution in [-0.4, -0.2) is 22.7 Å². The molecule has 2 aromatic carbocycles. The molecule has 1 heterocycles. The smallest absolute Gasteiger partial charge is 0.306 e. The Morgan fingerprint density at radius 2 is 1.94 bits per heavy atom. The second-order valence-electron chi connectivity index (χ2n) is 9.88. The summed E-state index contributed by atoms with van der Waals surface area (Å²) in [4.78, 5) is 17.2. The molecule has 0 bridgehead atoms. The number of thiazole rings is 1. The zero-order valence-corrected chi connectivity index (χ0v) is 21.4. The summed E-state index contributed by atoms with van der Waals surface area (Å²) in [7, 11) is 0. The third kappa shape index (κ3) is 6.57. The number of esters is 1. The number of hydrogen-bond donors (Lipinski definition) is 1. The lowest BCUT2D eigenvalue weighted by atomic mass is 9.83. The van der Waals surface area contributed by atoms with Gasteiger partial charge < -0.3 is 9.84 Å². The van der Waals surface area contributed by atoms with E-state index in [9.17, 15) is 9.90 Å². The van der Waals surface area contributed by atoms with E-state index in [1.807, 2.05) is 36.4 Å². The van der Waals surface area contributed by atoms with E-state index in [1.165, 1.54) is 12.8 Å². The normalized spacial score (nSPS) is 12.8. The third-order valence-corrected chi connectivity index (χ3v) is 7.21. The van der Waals surface area contributed by atoms with E-state index >= 15 is 0 Å². The molecule has 0 saturated heterocycles. The number of para-hydroxylation sites is 1. The van der Waals surface area contributed by atoms with E-state index in [4.69, 9.17) is 9.72 Å². The number of fused-ring (bicyclic) bond motifs is 1. The Balaban J connectivity index is 1.79. The summed E-state index contributed by atoms with van der Waals surface area (Å²) < 4.78 is 6.68. The molecule has 33 heavy (non-hydrogen) atoms. The molecule has 1 unspecified atom stereocenters. The number of nitrogens with zero attached hydrogens (tertiary/aromatic N) is 1. The van der Waals surface area contributed by atoms with Crippen molar-refractivity contribution < 1.29 is 14.6 Å². The van der Waals surface area contributed by atoms with Crippen LogP contribution in [0, 0.1) is 5.92 Å². The standard InChI is InChI=1S/C28H37NO3S/c1-6-8-11-19(7-2)18-32-25(30)15-14-20-16-21(26(31)22(17-20)28(3,4)5)27-29-23-12-9-10-13-24(23)33-27/h9-10,12-13,16-17,19,31H,6-8,11,14-15,18H2,1-5H3. The van der Waals surface area contributed by atoms with E-state index in [0.29, 0.717) is 25.4 Å². The topological polar surface area (TPSA) is 59.4 Å². The van der Waals surface area contributed by atoms with Gasteiger partial charge in [-0.3, -0.25) is 4.79 Å². The van der Waals surface area contributed by atoms with Gasteiger partial charge in [-0.05, 0) is 47.9 Å². The molecular weight excluding hydrogens is 430 g/mol. The van der Waals surface area contributed by atoms with Crippen LogP contribution in [0.5, 0.6) is 5.75 Å². The van der Waals surface area contributed by atoms with Crippen molar-refractivity contribution in [1.82, 2.24) is 4.98 Å². The van der Waals surface area contributed by atoms with Crippen LogP contribution in [0.3, 0.4) is 0 Å². The molecule has 0 radical (unpaired) electrons. The number of aromatic hydroxyl groups is 1. The molecular formula is C28H37NO3S. The summed E-state index contributed by atoms with van der Waals surface area (Å²) in [5.41, 5.74) is 3.31. The molecule has 0 saturated carbocycles. The average molecular weight is 468 g/mol. The second kappa shape index (κ2) is 11.1. The lowest BCUT2D eigenvalue weighted by molar-refractivity contribution is -0.145. The van der Waals surface area contributed by atoms with E-state index in [0.717, 1.165) is 44.8 Å². The van der Waals surface area contributed by atoms with E-state index in [2.05, 4.69) is 34.6 Å². The highest BCUT2D eigenvalue weighted by molar-refractivity contribution is 7.21. The first kappa shape index (κ1) is 25.2. The number of ether oxygens (including phenoxy) is 1. The highest BCUT2D eigenvalue weighted by Gasteiger charge is 2.23. The van der Waals surface area contributed by atoms with Crippen molar-refractivity contribution >= 4 is 27.5 Å². The molecule has 178 valence electrons. The Labute approximate surface area is 202 Å². The SMILES string of the molecule is CCCCC(CC)COC(=O)CCc1cc(-c2nc3ccccc3s2)c(O)c(C(C)(C)C)c1. The van der Waals surface area contributed by atoms with Gasteiger partial charge in [0.15, 0.2) is 0 Å². The van der Waals surface area contributed by atoms with Crippen molar-refractivity contribution in [1.29, 1.82) is 0 Å². The highest BCUT2D eigenvalue weighted by atomic mass is 32.1. The number of benzene rings is 2. The molecule has 0 aliphatic carbocycles. The van der Waals surface area contributed by atoms with Gasteiger partial charge in [-0.25, -0.2) is 4.98 Å². The van der Waals surface area contributed by atoms with Gasteiger partial charge in [0.1, 0.15) is 10.8 Å². The quantitative estimate of drug-likeness (QED) is 0.311. The van der Waals surface area contributed by atoms with Crippen LogP contribution in [0.15, 0.2) is 36.4 Å². The Morgan fingerprint density at radius 1 is 1.18 bits per heavy atom. The molecule has 0 amide bonds. The van der Waals surface area contributed by atoms with Crippen LogP contribution in [0.1, 0.15) is 77.8 Å². The molecule has 0 aliphatic rings. The van der Waals surface area contributed by atoms with Gasteiger partial charge in [0.05, 0.1) is 22.4 Å². The third-order valence-electron chi connectivity index (χ3n) is 6.14. The maximum Gasteiger partial charge on any atom is 0.306 e. The van der Waals surface area contributed by atoms with Crippen molar-refractivity contribution in [3.05, 3.63) is 47.5 Å². The van der Waals surface area contributed by atoms with Gasteiger partial charge in [0.2, 0.25) is 0 Å². The Kier molecular flexibility index (Phi) is 8.52. The lowest BCUT2D eigenvalue weighted by Gasteiger charge is -2.23. The predicted octanol–water partition coefficient (Wildman–Crippen LogP) is 7.66. The zero-order chi connectivity index (χ0) is 24.0. The number of carbonyl (C=O) groups excluding carboxylic acids is 1. The van der Waals surface area contributed by atoms with Gasteiger partial charge in [-0.1, -0.05) is 72.1 Å². The first-order chi connectivity index (χ1) is 15.7.